The monoisotopic (exact) mass is 852 g/mol. The number of fused-ring (bicyclic) bond motifs is 7. The van der Waals surface area contributed by atoms with Crippen molar-refractivity contribution in [3.05, 3.63) is 235 Å². The normalized spacial score (nSPS) is 11.6. The summed E-state index contributed by atoms with van der Waals surface area (Å²) in [7, 11) is 0. The summed E-state index contributed by atoms with van der Waals surface area (Å²) in [5.74, 6) is 0. The minimum absolute atomic E-state index is 0.534. The van der Waals surface area contributed by atoms with Crippen molar-refractivity contribution in [1.29, 1.82) is 5.26 Å². The maximum absolute atomic E-state index is 11.4. The zero-order valence-electron chi connectivity index (χ0n) is 36.0. The van der Waals surface area contributed by atoms with Gasteiger partial charge in [-0.1, -0.05) is 158 Å². The van der Waals surface area contributed by atoms with Crippen LogP contribution in [0.5, 0.6) is 0 Å². The molecule has 0 atom stereocenters. The van der Waals surface area contributed by atoms with Crippen molar-refractivity contribution in [2.45, 2.75) is 0 Å². The lowest BCUT2D eigenvalue weighted by atomic mass is 9.85. The van der Waals surface area contributed by atoms with Crippen LogP contribution in [0.3, 0.4) is 0 Å². The minimum Gasteiger partial charge on any atom is -0.454 e. The third kappa shape index (κ3) is 5.86. The van der Waals surface area contributed by atoms with Gasteiger partial charge in [0.15, 0.2) is 11.3 Å². The quantitative estimate of drug-likeness (QED) is 0.0910. The SMILES string of the molecule is [C-]#[N+]c1cc(N(c2ccccc2)c2ccc3ccccc3c2)c2c3ccccc3c3c(C#N)cc(N(c4ccc(-c5ccccc5)cc4)c4cccc5c4oc4ccccc45)c4ccc1c2c43. The Bertz CT molecular complexity index is 4180. The van der Waals surface area contributed by atoms with E-state index < -0.39 is 0 Å². The molecule has 13 aromatic rings. The summed E-state index contributed by atoms with van der Waals surface area (Å²) in [6, 6.07) is 78.3. The van der Waals surface area contributed by atoms with Crippen molar-refractivity contribution in [3.63, 3.8) is 0 Å². The van der Waals surface area contributed by atoms with Crippen molar-refractivity contribution in [2.24, 2.45) is 0 Å². The lowest BCUT2D eigenvalue weighted by Gasteiger charge is -2.31. The van der Waals surface area contributed by atoms with Gasteiger partial charge in [-0.05, 0) is 104 Å². The van der Waals surface area contributed by atoms with Gasteiger partial charge in [0.2, 0.25) is 0 Å². The van der Waals surface area contributed by atoms with Gasteiger partial charge in [-0.3, -0.25) is 0 Å². The Morgan fingerprint density at radius 2 is 1.01 bits per heavy atom. The van der Waals surface area contributed by atoms with Crippen LogP contribution in [0, 0.1) is 17.9 Å². The van der Waals surface area contributed by atoms with Crippen molar-refractivity contribution >= 4 is 116 Å². The molecule has 5 nitrogen and oxygen atoms in total. The molecule has 0 saturated carbocycles. The van der Waals surface area contributed by atoms with E-state index in [-0.39, 0.29) is 0 Å². The first-order valence-electron chi connectivity index (χ1n) is 22.3. The average Bonchev–Trinajstić information content (AvgIpc) is 3.78. The molecule has 0 fully saturated rings. The summed E-state index contributed by atoms with van der Waals surface area (Å²) in [6.45, 7) is 8.73. The van der Waals surface area contributed by atoms with E-state index in [1.165, 1.54) is 0 Å². The van der Waals surface area contributed by atoms with Crippen LogP contribution in [-0.2, 0) is 0 Å². The first-order valence-corrected chi connectivity index (χ1v) is 22.3. The highest BCUT2D eigenvalue weighted by Gasteiger charge is 2.28. The fourth-order valence-electron chi connectivity index (χ4n) is 10.5. The fraction of sp³-hybridized carbons (Fsp3) is 0. The van der Waals surface area contributed by atoms with E-state index in [1.54, 1.807) is 0 Å². The van der Waals surface area contributed by atoms with E-state index in [1.807, 2.05) is 36.4 Å². The van der Waals surface area contributed by atoms with Gasteiger partial charge in [-0.25, -0.2) is 4.85 Å². The Hall–Kier alpha value is -9.42. The molecule has 0 bridgehead atoms. The number of hydrogen-bond acceptors (Lipinski definition) is 4. The van der Waals surface area contributed by atoms with Gasteiger partial charge in [-0.2, -0.15) is 5.26 Å². The maximum Gasteiger partial charge on any atom is 0.197 e. The van der Waals surface area contributed by atoms with Gasteiger partial charge >= 0.3 is 0 Å². The third-order valence-corrected chi connectivity index (χ3v) is 13.4. The molecular formula is C62H36N4O. The lowest BCUT2D eigenvalue weighted by Crippen LogP contribution is -2.12. The van der Waals surface area contributed by atoms with Gasteiger partial charge in [0.1, 0.15) is 5.58 Å². The Kier molecular flexibility index (Phi) is 8.58. The third-order valence-electron chi connectivity index (χ3n) is 13.4. The zero-order valence-corrected chi connectivity index (χ0v) is 36.0. The number of nitriles is 1. The van der Waals surface area contributed by atoms with E-state index in [9.17, 15) is 5.26 Å². The van der Waals surface area contributed by atoms with Crippen LogP contribution in [0.15, 0.2) is 223 Å². The minimum atomic E-state index is 0.534. The first kappa shape index (κ1) is 38.1. The van der Waals surface area contributed by atoms with Crippen LogP contribution in [0.25, 0.3) is 91.8 Å². The van der Waals surface area contributed by atoms with Crippen LogP contribution in [0.2, 0.25) is 0 Å². The van der Waals surface area contributed by atoms with Gasteiger partial charge in [0.05, 0.1) is 29.6 Å². The van der Waals surface area contributed by atoms with Crippen LogP contribution in [-0.4, -0.2) is 0 Å². The Morgan fingerprint density at radius 3 is 1.79 bits per heavy atom. The second-order valence-corrected chi connectivity index (χ2v) is 17.0. The molecule has 0 aliphatic rings. The molecule has 1 heterocycles. The molecule has 67 heavy (non-hydrogen) atoms. The molecule has 12 aromatic carbocycles. The maximum atomic E-state index is 11.4. The number of rotatable bonds is 7. The summed E-state index contributed by atoms with van der Waals surface area (Å²) in [4.78, 5) is 8.79. The van der Waals surface area contributed by atoms with Crippen molar-refractivity contribution in [3.8, 4) is 17.2 Å². The van der Waals surface area contributed by atoms with Crippen LogP contribution < -0.4 is 9.80 Å². The standard InChI is InChI=1S/C62H36N4O/c1-64-53-37-56(65(44-19-6-3-7-20-44)46-32-29-40-17-8-9-18-42(40)35-46)59-49-23-11-10-22-48(49)58-43(38-63)36-55(52-34-33-51(53)60(59)61(52)58)66(45-30-27-41(28-31-45)39-15-4-2-5-16-39)54-25-14-24-50-47-21-12-13-26-57(47)67-62(50)54/h2-37H. The summed E-state index contributed by atoms with van der Waals surface area (Å²) in [5, 5.41) is 23.2. The van der Waals surface area contributed by atoms with Crippen LogP contribution in [0.1, 0.15) is 5.56 Å². The van der Waals surface area contributed by atoms with Gasteiger partial charge in [0, 0.05) is 55.1 Å². The summed E-state index contributed by atoms with van der Waals surface area (Å²) < 4.78 is 6.78. The molecule has 0 radical (unpaired) electrons. The molecule has 0 saturated heterocycles. The predicted molar refractivity (Wildman–Crippen MR) is 278 cm³/mol. The molecular weight excluding hydrogens is 817 g/mol. The summed E-state index contributed by atoms with van der Waals surface area (Å²) in [6.07, 6.45) is 0. The largest absolute Gasteiger partial charge is 0.454 e. The molecule has 310 valence electrons. The van der Waals surface area contributed by atoms with E-state index >= 15 is 0 Å². The van der Waals surface area contributed by atoms with Gasteiger partial charge < -0.3 is 14.2 Å². The number of hydrogen-bond donors (Lipinski definition) is 0. The van der Waals surface area contributed by atoms with Crippen molar-refractivity contribution in [2.75, 3.05) is 9.80 Å². The number of benzene rings is 12. The van der Waals surface area contributed by atoms with E-state index in [0.29, 0.717) is 11.3 Å². The summed E-state index contributed by atoms with van der Waals surface area (Å²) >= 11 is 0. The van der Waals surface area contributed by atoms with Crippen LogP contribution in [0.4, 0.5) is 39.8 Å². The van der Waals surface area contributed by atoms with Crippen molar-refractivity contribution in [1.82, 2.24) is 0 Å². The second-order valence-electron chi connectivity index (χ2n) is 17.0. The molecule has 0 aliphatic heterocycles. The molecule has 0 amide bonds. The highest BCUT2D eigenvalue weighted by molar-refractivity contribution is 6.40. The molecule has 0 spiro atoms. The molecule has 0 unspecified atom stereocenters. The van der Waals surface area contributed by atoms with E-state index in [2.05, 4.69) is 203 Å². The van der Waals surface area contributed by atoms with Crippen LogP contribution >= 0.6 is 0 Å². The van der Waals surface area contributed by atoms with Crippen molar-refractivity contribution < 1.29 is 4.42 Å². The molecule has 0 aliphatic carbocycles. The topological polar surface area (TPSA) is 47.8 Å². The predicted octanol–water partition coefficient (Wildman–Crippen LogP) is 17.8. The highest BCUT2D eigenvalue weighted by atomic mass is 16.3. The fourth-order valence-corrected chi connectivity index (χ4v) is 10.5. The van der Waals surface area contributed by atoms with E-state index in [0.717, 1.165) is 121 Å². The summed E-state index contributed by atoms with van der Waals surface area (Å²) in [5.41, 5.74) is 10.3. The first-order chi connectivity index (χ1) is 33.2. The van der Waals surface area contributed by atoms with E-state index in [4.69, 9.17) is 11.0 Å². The Morgan fingerprint density at radius 1 is 0.403 bits per heavy atom. The molecule has 13 rings (SSSR count). The lowest BCUT2D eigenvalue weighted by molar-refractivity contribution is 0.669. The zero-order chi connectivity index (χ0) is 44.6. The molecule has 0 N–H and O–H groups in total. The van der Waals surface area contributed by atoms with Gasteiger partial charge in [-0.15, -0.1) is 0 Å². The number of anilines is 6. The van der Waals surface area contributed by atoms with Gasteiger partial charge in [0.25, 0.3) is 0 Å². The Labute approximate surface area is 386 Å². The number of nitrogens with zero attached hydrogens (tertiary/aromatic N) is 4. The average molecular weight is 853 g/mol. The Balaban J connectivity index is 1.17. The molecule has 5 heteroatoms. The molecule has 1 aromatic heterocycles. The number of furan rings is 1. The number of para-hydroxylation sites is 3. The highest BCUT2D eigenvalue weighted by Crippen LogP contribution is 2.54. The smallest absolute Gasteiger partial charge is 0.197 e. The second kappa shape index (κ2) is 15.1.